The summed E-state index contributed by atoms with van der Waals surface area (Å²) in [4.78, 5) is 67.0. The minimum absolute atomic E-state index is 0.0331. The van der Waals surface area contributed by atoms with Crippen molar-refractivity contribution in [2.75, 3.05) is 77.0 Å². The number of likely N-dealkylation sites (N-methyl/N-ethyl adjacent to an activating group) is 1. The summed E-state index contributed by atoms with van der Waals surface area (Å²) in [7, 11) is 1.48. The van der Waals surface area contributed by atoms with Gasteiger partial charge in [-0.1, -0.05) is 31.0 Å². The Morgan fingerprint density at radius 3 is 2.18 bits per heavy atom. The summed E-state index contributed by atoms with van der Waals surface area (Å²) in [6, 6.07) is 19.6. The number of anilines is 2. The first kappa shape index (κ1) is 60.7. The third-order valence-electron chi connectivity index (χ3n) is 13.2. The second kappa shape index (κ2) is 33.8. The number of aryl methyl sites for hydroxylation is 1. The molecule has 1 atom stereocenters. The number of benzene rings is 3. The lowest BCUT2D eigenvalue weighted by Crippen LogP contribution is -2.58. The molecule has 0 aliphatic carbocycles. The number of amides is 4. The van der Waals surface area contributed by atoms with Crippen LogP contribution in [-0.2, 0) is 46.5 Å². The lowest BCUT2D eigenvalue weighted by atomic mass is 9.86. The van der Waals surface area contributed by atoms with Gasteiger partial charge >= 0.3 is 0 Å². The SMILES string of the molecule is CNC(=O)C(CCC=O)N(C=O)Cc1c(C)cccc1NC(=O)CCCCCOCCOCCOCCCCCCOc1ccc(F)c(CNC(=O)c2cccc(NC3(C(=N)NC(=N)c4ccncc4)CCNCC3)c2)c1. The fourth-order valence-corrected chi connectivity index (χ4v) is 8.74. The smallest absolute Gasteiger partial charge is 0.251 e. The van der Waals surface area contributed by atoms with Crippen LogP contribution in [0.1, 0.15) is 110 Å². The van der Waals surface area contributed by atoms with Crippen LogP contribution in [0.3, 0.4) is 0 Å². The van der Waals surface area contributed by atoms with E-state index in [9.17, 15) is 28.4 Å². The molecular weight excluding hydrogens is 988 g/mol. The zero-order valence-corrected chi connectivity index (χ0v) is 44.5. The van der Waals surface area contributed by atoms with E-state index in [1.807, 2.05) is 25.1 Å². The van der Waals surface area contributed by atoms with E-state index in [0.717, 1.165) is 55.9 Å². The second-order valence-electron chi connectivity index (χ2n) is 18.8. The van der Waals surface area contributed by atoms with Crippen molar-refractivity contribution in [3.05, 3.63) is 119 Å². The number of aromatic nitrogens is 1. The van der Waals surface area contributed by atoms with Crippen LogP contribution in [0.5, 0.6) is 5.75 Å². The standard InChI is InChI=1S/C57H77FN10O9/c1-42-13-10-16-50(48(42)40-68(41-70)51(17-12-29-69)55(73)61-2)65-52(71)18-6-5-8-31-75-34-36-76-35-33-74-30-7-3-4-9-32-77-47-19-20-49(58)45(38-47)39-64-54(72)44-14-11-15-46(37-44)67-57(23-27-63-28-24-57)56(60)66-53(59)43-21-25-62-26-22-43/h10-11,13-16,19-22,25-26,29,37-38,41,51,63,67H,3-9,12,17-18,23-24,27-28,30-36,39-40H2,1-2H3,(H,61,73)(H,64,72)(H,65,71)(H3,59,60,66). The Kier molecular flexibility index (Phi) is 26.7. The molecule has 1 aliphatic heterocycles. The number of nitrogens with zero attached hydrogens (tertiary/aromatic N) is 2. The molecule has 1 fully saturated rings. The molecule has 1 unspecified atom stereocenters. The molecule has 19 nitrogen and oxygen atoms in total. The highest BCUT2D eigenvalue weighted by atomic mass is 19.1. The van der Waals surface area contributed by atoms with Gasteiger partial charge in [0, 0.05) is 86.7 Å². The van der Waals surface area contributed by atoms with E-state index in [1.165, 1.54) is 18.0 Å². The highest BCUT2D eigenvalue weighted by molar-refractivity contribution is 6.10. The number of nitrogens with one attached hydrogen (secondary N) is 8. The molecule has 0 spiro atoms. The van der Waals surface area contributed by atoms with Gasteiger partial charge in [-0.3, -0.25) is 35.0 Å². The number of amidine groups is 2. The molecule has 3 aromatic carbocycles. The van der Waals surface area contributed by atoms with Gasteiger partial charge in [-0.05, 0) is 137 Å². The topological polar surface area (TPSA) is 258 Å². The number of hydrogen-bond donors (Lipinski definition) is 8. The molecule has 2 heterocycles. The normalized spacial score (nSPS) is 13.1. The van der Waals surface area contributed by atoms with E-state index in [4.69, 9.17) is 29.8 Å². The molecule has 1 aliphatic rings. The summed E-state index contributed by atoms with van der Waals surface area (Å²) in [5.74, 6) is -0.550. The Morgan fingerprint density at radius 1 is 0.818 bits per heavy atom. The van der Waals surface area contributed by atoms with E-state index in [2.05, 4.69) is 36.9 Å². The van der Waals surface area contributed by atoms with Crippen LogP contribution in [0, 0.1) is 23.6 Å². The fourth-order valence-electron chi connectivity index (χ4n) is 8.74. The molecule has 416 valence electrons. The lowest BCUT2D eigenvalue weighted by molar-refractivity contribution is -0.133. The number of hydrogen-bond acceptors (Lipinski definition) is 14. The van der Waals surface area contributed by atoms with E-state index >= 15 is 0 Å². The Balaban J connectivity index is 0.868. The van der Waals surface area contributed by atoms with Crippen LogP contribution >= 0.6 is 0 Å². The van der Waals surface area contributed by atoms with Gasteiger partial charge in [-0.15, -0.1) is 0 Å². The summed E-state index contributed by atoms with van der Waals surface area (Å²) in [5, 5.41) is 35.6. The van der Waals surface area contributed by atoms with E-state index in [0.29, 0.717) is 125 Å². The first-order valence-electron chi connectivity index (χ1n) is 26.6. The number of unbranched alkanes of at least 4 members (excludes halogenated alkanes) is 5. The van der Waals surface area contributed by atoms with Crippen LogP contribution in [-0.4, -0.2) is 130 Å². The maximum Gasteiger partial charge on any atom is 0.251 e. The van der Waals surface area contributed by atoms with Gasteiger partial charge in [0.25, 0.3) is 5.91 Å². The van der Waals surface area contributed by atoms with Gasteiger partial charge in [0.1, 0.15) is 35.6 Å². The highest BCUT2D eigenvalue weighted by Gasteiger charge is 2.37. The van der Waals surface area contributed by atoms with E-state index in [1.54, 1.807) is 60.9 Å². The third kappa shape index (κ3) is 20.7. The summed E-state index contributed by atoms with van der Waals surface area (Å²) in [6.45, 7) is 6.83. The number of ether oxygens (including phenoxy) is 4. The van der Waals surface area contributed by atoms with Crippen molar-refractivity contribution < 1.29 is 47.3 Å². The largest absolute Gasteiger partial charge is 0.494 e. The van der Waals surface area contributed by atoms with Gasteiger partial charge in [0.05, 0.1) is 38.6 Å². The van der Waals surface area contributed by atoms with Crippen molar-refractivity contribution in [3.63, 3.8) is 0 Å². The molecule has 77 heavy (non-hydrogen) atoms. The Hall–Kier alpha value is -7.13. The lowest BCUT2D eigenvalue weighted by Gasteiger charge is -2.40. The average Bonchev–Trinajstić information content (AvgIpc) is 3.44. The van der Waals surface area contributed by atoms with Crippen LogP contribution in [0.2, 0.25) is 0 Å². The molecule has 8 N–H and O–H groups in total. The molecule has 0 bridgehead atoms. The van der Waals surface area contributed by atoms with Crippen LogP contribution in [0.4, 0.5) is 15.8 Å². The molecule has 0 radical (unpaired) electrons. The van der Waals surface area contributed by atoms with Crippen LogP contribution in [0.15, 0.2) is 85.2 Å². The van der Waals surface area contributed by atoms with Gasteiger partial charge in [0.15, 0.2) is 0 Å². The summed E-state index contributed by atoms with van der Waals surface area (Å²) in [6.07, 6.45) is 12.3. The van der Waals surface area contributed by atoms with Gasteiger partial charge in [0.2, 0.25) is 18.2 Å². The molecule has 0 saturated carbocycles. The monoisotopic (exact) mass is 1060 g/mol. The minimum Gasteiger partial charge on any atom is -0.494 e. The Labute approximate surface area is 451 Å². The predicted octanol–water partition coefficient (Wildman–Crippen LogP) is 6.83. The number of rotatable bonds is 36. The Bertz CT molecular complexity index is 2510. The summed E-state index contributed by atoms with van der Waals surface area (Å²) in [5.41, 5.74) is 3.32. The number of aldehydes is 1. The molecule has 1 aromatic heterocycles. The Morgan fingerprint density at radius 2 is 1.49 bits per heavy atom. The van der Waals surface area contributed by atoms with Gasteiger partial charge in [-0.2, -0.15) is 0 Å². The molecular formula is C57H77FN10O9. The zero-order valence-electron chi connectivity index (χ0n) is 44.5. The van der Waals surface area contributed by atoms with Crippen molar-refractivity contribution in [2.24, 2.45) is 0 Å². The van der Waals surface area contributed by atoms with Crippen LogP contribution in [0.25, 0.3) is 0 Å². The van der Waals surface area contributed by atoms with Crippen LogP contribution < -0.4 is 36.6 Å². The quantitative estimate of drug-likeness (QED) is 0.0101. The highest BCUT2D eigenvalue weighted by Crippen LogP contribution is 2.27. The number of halogens is 1. The minimum atomic E-state index is -0.812. The number of piperidine rings is 1. The molecule has 20 heteroatoms. The van der Waals surface area contributed by atoms with Crippen molar-refractivity contribution in [2.45, 2.75) is 109 Å². The van der Waals surface area contributed by atoms with Gasteiger partial charge in [-0.25, -0.2) is 4.39 Å². The zero-order chi connectivity index (χ0) is 55.1. The summed E-state index contributed by atoms with van der Waals surface area (Å²) >= 11 is 0. The maximum atomic E-state index is 14.9. The third-order valence-corrected chi connectivity index (χ3v) is 13.2. The number of carbonyl (C=O) groups is 5. The number of pyridine rings is 1. The van der Waals surface area contributed by atoms with E-state index in [-0.39, 0.29) is 55.3 Å². The molecule has 4 aromatic rings. The first-order valence-corrected chi connectivity index (χ1v) is 26.6. The fraction of sp³-hybridized carbons (Fsp3) is 0.474. The average molecular weight is 1070 g/mol. The summed E-state index contributed by atoms with van der Waals surface area (Å²) < 4.78 is 37.8. The molecule has 5 rings (SSSR count). The molecule has 1 saturated heterocycles. The van der Waals surface area contributed by atoms with Crippen molar-refractivity contribution in [1.82, 2.24) is 31.2 Å². The van der Waals surface area contributed by atoms with Crippen molar-refractivity contribution in [1.29, 1.82) is 10.8 Å². The maximum absolute atomic E-state index is 14.9. The first-order chi connectivity index (χ1) is 37.5. The van der Waals surface area contributed by atoms with Gasteiger partial charge < -0.3 is 60.5 Å². The molecule has 4 amide bonds. The van der Waals surface area contributed by atoms with E-state index < -0.39 is 17.4 Å². The van der Waals surface area contributed by atoms with Crippen molar-refractivity contribution in [3.8, 4) is 5.75 Å². The van der Waals surface area contributed by atoms with Crippen molar-refractivity contribution >= 4 is 53.5 Å². The number of carbonyl (C=O) groups excluding carboxylic acids is 5. The predicted molar refractivity (Wildman–Crippen MR) is 294 cm³/mol. The second-order valence-corrected chi connectivity index (χ2v) is 18.8.